The molecule has 0 bridgehead atoms. The van der Waals surface area contributed by atoms with Crippen LogP contribution in [0.15, 0.2) is 61.1 Å². The summed E-state index contributed by atoms with van der Waals surface area (Å²) < 4.78 is 17.4. The molecule has 4 aromatic heterocycles. The molecule has 0 atom stereocenters. The first kappa shape index (κ1) is 20.8. The molecule has 5 rings (SSSR count). The van der Waals surface area contributed by atoms with Crippen LogP contribution in [-0.4, -0.2) is 29.6 Å². The van der Waals surface area contributed by atoms with Crippen molar-refractivity contribution in [3.05, 3.63) is 83.7 Å². The van der Waals surface area contributed by atoms with E-state index in [1.54, 1.807) is 18.3 Å². The Hall–Kier alpha value is -4.11. The van der Waals surface area contributed by atoms with Crippen molar-refractivity contribution < 1.29 is 14.2 Å². The van der Waals surface area contributed by atoms with Crippen molar-refractivity contribution in [3.63, 3.8) is 0 Å². The quantitative estimate of drug-likeness (QED) is 0.350. The van der Waals surface area contributed by atoms with Crippen LogP contribution in [0.5, 0.6) is 0 Å². The molecule has 0 spiro atoms. The third-order valence-electron chi connectivity index (χ3n) is 5.73. The van der Waals surface area contributed by atoms with E-state index >= 15 is 0 Å². The minimum Gasteiger partial charge on any atom is -0.392 e. The van der Waals surface area contributed by atoms with Gasteiger partial charge in [0.2, 0.25) is 11.6 Å². The molecule has 0 aliphatic carbocycles. The van der Waals surface area contributed by atoms with E-state index in [1.165, 1.54) is 12.1 Å². The monoisotopic (exact) mass is 444 g/mol. The highest BCUT2D eigenvalue weighted by molar-refractivity contribution is 5.80. The topological polar surface area (TPSA) is 95.0 Å². The zero-order valence-corrected chi connectivity index (χ0v) is 18.2. The molecule has 0 saturated carbocycles. The van der Waals surface area contributed by atoms with Crippen LogP contribution in [0.25, 0.3) is 28.3 Å². The Labute approximate surface area is 189 Å². The number of nitrogens with zero attached hydrogens (tertiary/aromatic N) is 5. The van der Waals surface area contributed by atoms with E-state index in [2.05, 4.69) is 15.4 Å². The fourth-order valence-corrected chi connectivity index (χ4v) is 3.76. The average Bonchev–Trinajstić information content (AvgIpc) is 3.37. The molecule has 0 amide bonds. The predicted molar refractivity (Wildman–Crippen MR) is 122 cm³/mol. The first-order chi connectivity index (χ1) is 16.0. The van der Waals surface area contributed by atoms with Gasteiger partial charge in [-0.3, -0.25) is 4.40 Å². The maximum atomic E-state index is 13.6. The molecule has 166 valence electrons. The molecule has 0 aliphatic heterocycles. The zero-order valence-electron chi connectivity index (χ0n) is 18.2. The summed E-state index contributed by atoms with van der Waals surface area (Å²) in [5.74, 6) is 0.177. The highest BCUT2D eigenvalue weighted by atomic mass is 19.1. The number of H-pyrrole nitrogens is 1. The number of nitrogens with one attached hydrogen (secondary N) is 2. The van der Waals surface area contributed by atoms with Crippen molar-refractivity contribution in [2.24, 2.45) is 7.05 Å². The molecule has 0 saturated heterocycles. The van der Waals surface area contributed by atoms with Gasteiger partial charge in [0, 0.05) is 24.9 Å². The number of aromatic nitrogens is 6. The smallest absolute Gasteiger partial charge is 0.223 e. The van der Waals surface area contributed by atoms with Gasteiger partial charge < -0.3 is 10.4 Å². The molecule has 33 heavy (non-hydrogen) atoms. The van der Waals surface area contributed by atoms with Crippen LogP contribution in [0.4, 0.5) is 10.3 Å². The molecule has 5 aromatic rings. The van der Waals surface area contributed by atoms with Gasteiger partial charge in [0.25, 0.3) is 0 Å². The van der Waals surface area contributed by atoms with Gasteiger partial charge in [-0.05, 0) is 48.0 Å². The first-order valence-corrected chi connectivity index (χ1v) is 10.5. The van der Waals surface area contributed by atoms with E-state index < -0.39 is 0 Å². The number of hydrogen-bond acceptors (Lipinski definition) is 5. The number of aliphatic hydroxyl groups is 1. The lowest BCUT2D eigenvalue weighted by Gasteiger charge is -2.08. The van der Waals surface area contributed by atoms with Crippen molar-refractivity contribution in [1.82, 2.24) is 24.5 Å². The standard InChI is InChI=1S/C24H22FN7O/c1-15-18(13-28-31(15)2)12-27-24-26-9-7-20(29-24)23-22(17-3-5-19(25)6-4-17)30-21-11-16(14-33)8-10-32(21)23/h3-11,13,33H,12,14H2,1-2H3,(H,26,27,29)/p+1. The molecule has 0 aliphatic rings. The third kappa shape index (κ3) is 3.94. The van der Waals surface area contributed by atoms with Crippen molar-refractivity contribution >= 4 is 11.6 Å². The summed E-state index contributed by atoms with van der Waals surface area (Å²) in [7, 11) is 1.96. The number of anilines is 1. The van der Waals surface area contributed by atoms with Crippen LogP contribution in [0.3, 0.4) is 0 Å². The lowest BCUT2D eigenvalue weighted by molar-refractivity contribution is -0.732. The lowest BCUT2D eigenvalue weighted by Crippen LogP contribution is -2.32. The van der Waals surface area contributed by atoms with E-state index in [0.717, 1.165) is 28.1 Å². The minimum absolute atomic E-state index is 0.0809. The number of rotatable bonds is 6. The molecule has 0 unspecified atom stereocenters. The Balaban J connectivity index is 1.58. The van der Waals surface area contributed by atoms with Gasteiger partial charge in [0.15, 0.2) is 7.05 Å². The van der Waals surface area contributed by atoms with Gasteiger partial charge >= 0.3 is 0 Å². The average molecular weight is 444 g/mol. The number of aliphatic hydroxyl groups excluding tert-OH is 1. The molecule has 9 heteroatoms. The second-order valence-electron chi connectivity index (χ2n) is 7.80. The van der Waals surface area contributed by atoms with Gasteiger partial charge in [-0.25, -0.2) is 19.3 Å². The highest BCUT2D eigenvalue weighted by Crippen LogP contribution is 2.32. The number of halogens is 1. The summed E-state index contributed by atoms with van der Waals surface area (Å²) in [5, 5.41) is 16.0. The molecular formula is C24H23FN7O+. The van der Waals surface area contributed by atoms with Gasteiger partial charge in [-0.1, -0.05) is 0 Å². The van der Waals surface area contributed by atoms with Crippen LogP contribution >= 0.6 is 0 Å². The molecule has 8 nitrogen and oxygen atoms in total. The molecule has 0 fully saturated rings. The second kappa shape index (κ2) is 8.44. The largest absolute Gasteiger partial charge is 0.392 e. The van der Waals surface area contributed by atoms with Crippen molar-refractivity contribution in [1.29, 1.82) is 0 Å². The van der Waals surface area contributed by atoms with Crippen LogP contribution in [0, 0.1) is 12.7 Å². The number of imidazole rings is 1. The molecular weight excluding hydrogens is 421 g/mol. The number of aromatic amines is 1. The third-order valence-corrected chi connectivity index (χ3v) is 5.73. The summed E-state index contributed by atoms with van der Waals surface area (Å²) >= 11 is 0. The van der Waals surface area contributed by atoms with E-state index in [4.69, 9.17) is 9.97 Å². The Morgan fingerprint density at radius 1 is 1.15 bits per heavy atom. The fraction of sp³-hybridized carbons (Fsp3) is 0.167. The summed E-state index contributed by atoms with van der Waals surface area (Å²) in [6.45, 7) is 2.53. The zero-order chi connectivity index (χ0) is 22.9. The van der Waals surface area contributed by atoms with Crippen molar-refractivity contribution in [3.8, 4) is 22.6 Å². The highest BCUT2D eigenvalue weighted by Gasteiger charge is 2.18. The van der Waals surface area contributed by atoms with E-state index in [-0.39, 0.29) is 12.4 Å². The van der Waals surface area contributed by atoms with Gasteiger partial charge in [-0.2, -0.15) is 5.10 Å². The Kier molecular flexibility index (Phi) is 5.31. The van der Waals surface area contributed by atoms with E-state index in [0.29, 0.717) is 29.5 Å². The normalized spacial score (nSPS) is 11.3. The first-order valence-electron chi connectivity index (χ1n) is 10.5. The van der Waals surface area contributed by atoms with Gasteiger partial charge in [0.05, 0.1) is 42.0 Å². The van der Waals surface area contributed by atoms with Crippen LogP contribution < -0.4 is 10.00 Å². The maximum absolute atomic E-state index is 13.6. The van der Waals surface area contributed by atoms with Crippen molar-refractivity contribution in [2.75, 3.05) is 5.32 Å². The SMILES string of the molecule is Cc1c(CNc2nccc(-c3c(-c4ccc(F)cc4)nc4cc(CO)ccn34)n2)c[nH][n+]1C. The number of aryl methyl sites for hydroxylation is 1. The number of benzene rings is 1. The van der Waals surface area contributed by atoms with Crippen LogP contribution in [0.2, 0.25) is 0 Å². The second-order valence-corrected chi connectivity index (χ2v) is 7.80. The van der Waals surface area contributed by atoms with Crippen molar-refractivity contribution in [2.45, 2.75) is 20.1 Å². The summed E-state index contributed by atoms with van der Waals surface area (Å²) in [6, 6.07) is 11.7. The lowest BCUT2D eigenvalue weighted by atomic mass is 10.1. The number of pyridine rings is 1. The number of hydrogen-bond donors (Lipinski definition) is 3. The fourth-order valence-electron chi connectivity index (χ4n) is 3.76. The Morgan fingerprint density at radius 2 is 1.97 bits per heavy atom. The van der Waals surface area contributed by atoms with E-state index in [9.17, 15) is 9.50 Å². The minimum atomic E-state index is -0.311. The molecule has 0 radical (unpaired) electrons. The van der Waals surface area contributed by atoms with Gasteiger partial charge in [0.1, 0.15) is 11.5 Å². The summed E-state index contributed by atoms with van der Waals surface area (Å²) in [6.07, 6.45) is 5.50. The Bertz CT molecular complexity index is 1440. The van der Waals surface area contributed by atoms with Crippen LogP contribution in [-0.2, 0) is 20.2 Å². The Morgan fingerprint density at radius 3 is 2.70 bits per heavy atom. The summed E-state index contributed by atoms with van der Waals surface area (Å²) in [5.41, 5.74) is 6.53. The van der Waals surface area contributed by atoms with Gasteiger partial charge in [-0.15, -0.1) is 4.68 Å². The molecule has 1 aromatic carbocycles. The number of fused-ring (bicyclic) bond motifs is 1. The maximum Gasteiger partial charge on any atom is 0.223 e. The van der Waals surface area contributed by atoms with Crippen LogP contribution in [0.1, 0.15) is 16.8 Å². The predicted octanol–water partition coefficient (Wildman–Crippen LogP) is 3.16. The summed E-state index contributed by atoms with van der Waals surface area (Å²) in [4.78, 5) is 13.9. The molecule has 3 N–H and O–H groups in total. The molecule has 4 heterocycles. The van der Waals surface area contributed by atoms with E-state index in [1.807, 2.05) is 53.6 Å².